The molecule has 0 amide bonds. The zero-order valence-electron chi connectivity index (χ0n) is 13.8. The summed E-state index contributed by atoms with van der Waals surface area (Å²) in [5.74, 6) is 0.591. The summed E-state index contributed by atoms with van der Waals surface area (Å²) < 4.78 is 5.05. The second-order valence-corrected chi connectivity index (χ2v) is 6.64. The molecule has 2 atom stereocenters. The van der Waals surface area contributed by atoms with Gasteiger partial charge in [-0.3, -0.25) is 4.79 Å². The van der Waals surface area contributed by atoms with Gasteiger partial charge in [-0.15, -0.1) is 0 Å². The third-order valence-electron chi connectivity index (χ3n) is 4.95. The van der Waals surface area contributed by atoms with Crippen LogP contribution in [0.2, 0.25) is 0 Å². The highest BCUT2D eigenvalue weighted by molar-refractivity contribution is 5.69. The monoisotopic (exact) mass is 296 g/mol. The molecule has 2 fully saturated rings. The number of ether oxygens (including phenoxy) is 1. The minimum absolute atomic E-state index is 0.0357. The lowest BCUT2D eigenvalue weighted by Crippen LogP contribution is -2.51. The summed E-state index contributed by atoms with van der Waals surface area (Å²) in [7, 11) is 0. The van der Waals surface area contributed by atoms with E-state index < -0.39 is 0 Å². The van der Waals surface area contributed by atoms with Crippen LogP contribution >= 0.6 is 0 Å². The van der Waals surface area contributed by atoms with Crippen molar-refractivity contribution >= 4 is 5.97 Å². The Morgan fingerprint density at radius 2 is 1.95 bits per heavy atom. The molecule has 0 radical (unpaired) electrons. The van der Waals surface area contributed by atoms with Gasteiger partial charge in [-0.05, 0) is 45.1 Å². The maximum Gasteiger partial charge on any atom is 0.305 e. The molecule has 4 heteroatoms. The molecule has 1 saturated heterocycles. The third kappa shape index (κ3) is 5.59. The predicted molar refractivity (Wildman–Crippen MR) is 85.3 cm³/mol. The first-order valence-electron chi connectivity index (χ1n) is 8.85. The van der Waals surface area contributed by atoms with Crippen LogP contribution in [0.15, 0.2) is 0 Å². The number of likely N-dealkylation sites (N-methyl/N-ethyl adjacent to an activating group) is 1. The van der Waals surface area contributed by atoms with Crippen molar-refractivity contribution in [3.63, 3.8) is 0 Å². The number of piperidine rings is 1. The Bertz CT molecular complexity index is 316. The topological polar surface area (TPSA) is 41.6 Å². The lowest BCUT2D eigenvalue weighted by atomic mass is 9.90. The van der Waals surface area contributed by atoms with E-state index in [1.165, 1.54) is 38.6 Å². The van der Waals surface area contributed by atoms with Crippen LogP contribution in [0, 0.1) is 5.92 Å². The van der Waals surface area contributed by atoms with Gasteiger partial charge in [-0.25, -0.2) is 0 Å². The van der Waals surface area contributed by atoms with Gasteiger partial charge in [0.2, 0.25) is 0 Å². The molecule has 122 valence electrons. The number of nitrogens with one attached hydrogen (secondary N) is 1. The van der Waals surface area contributed by atoms with Crippen molar-refractivity contribution in [2.45, 2.75) is 70.9 Å². The van der Waals surface area contributed by atoms with Gasteiger partial charge in [-0.2, -0.15) is 0 Å². The Morgan fingerprint density at radius 3 is 2.62 bits per heavy atom. The highest BCUT2D eigenvalue weighted by Crippen LogP contribution is 2.24. The first-order chi connectivity index (χ1) is 10.2. The van der Waals surface area contributed by atoms with E-state index in [0.29, 0.717) is 25.0 Å². The average Bonchev–Trinajstić information content (AvgIpc) is 2.98. The molecular weight excluding hydrogens is 264 g/mol. The fourth-order valence-corrected chi connectivity index (χ4v) is 3.87. The van der Waals surface area contributed by atoms with Gasteiger partial charge < -0.3 is 15.0 Å². The van der Waals surface area contributed by atoms with Crippen molar-refractivity contribution < 1.29 is 9.53 Å². The summed E-state index contributed by atoms with van der Waals surface area (Å²) in [6, 6.07) is 1.34. The summed E-state index contributed by atoms with van der Waals surface area (Å²) in [5.41, 5.74) is 0. The minimum Gasteiger partial charge on any atom is -0.466 e. The molecule has 1 aliphatic carbocycles. The maximum absolute atomic E-state index is 11.5. The van der Waals surface area contributed by atoms with Crippen molar-refractivity contribution in [3.05, 3.63) is 0 Å². The Kier molecular flexibility index (Phi) is 6.97. The van der Waals surface area contributed by atoms with Crippen molar-refractivity contribution in [2.75, 3.05) is 26.2 Å². The van der Waals surface area contributed by atoms with E-state index in [1.807, 2.05) is 6.92 Å². The number of carbonyl (C=O) groups is 1. The summed E-state index contributed by atoms with van der Waals surface area (Å²) >= 11 is 0. The van der Waals surface area contributed by atoms with E-state index in [2.05, 4.69) is 17.1 Å². The third-order valence-corrected chi connectivity index (χ3v) is 4.95. The Hall–Kier alpha value is -0.610. The number of hydrogen-bond donors (Lipinski definition) is 1. The minimum atomic E-state index is -0.0357. The van der Waals surface area contributed by atoms with Crippen molar-refractivity contribution in [3.8, 4) is 0 Å². The van der Waals surface area contributed by atoms with Crippen LogP contribution in [0.4, 0.5) is 0 Å². The van der Waals surface area contributed by atoms with Crippen LogP contribution in [-0.2, 0) is 9.53 Å². The van der Waals surface area contributed by atoms with E-state index in [9.17, 15) is 4.79 Å². The first kappa shape index (κ1) is 16.8. The molecule has 4 nitrogen and oxygen atoms in total. The molecule has 0 aromatic rings. The van der Waals surface area contributed by atoms with Crippen LogP contribution in [0.25, 0.3) is 0 Å². The first-order valence-corrected chi connectivity index (χ1v) is 8.85. The van der Waals surface area contributed by atoms with E-state index in [1.54, 1.807) is 0 Å². The zero-order chi connectivity index (χ0) is 15.1. The highest BCUT2D eigenvalue weighted by Gasteiger charge is 2.29. The standard InChI is InChI=1S/C17H32N2O2/c1-3-19-12-14(9-10-17(20)21-4-2)11-16(13-19)18-15-7-5-6-8-15/h14-16,18H,3-13H2,1-2H3. The molecule has 0 aromatic carbocycles. The number of nitrogens with zero attached hydrogens (tertiary/aromatic N) is 1. The Balaban J connectivity index is 1.78. The molecule has 1 saturated carbocycles. The second-order valence-electron chi connectivity index (χ2n) is 6.64. The lowest BCUT2D eigenvalue weighted by Gasteiger charge is -2.39. The van der Waals surface area contributed by atoms with E-state index in [0.717, 1.165) is 25.6 Å². The molecule has 2 aliphatic rings. The summed E-state index contributed by atoms with van der Waals surface area (Å²) in [6.07, 6.45) is 8.21. The number of esters is 1. The number of likely N-dealkylation sites (tertiary alicyclic amines) is 1. The van der Waals surface area contributed by atoms with Crippen molar-refractivity contribution in [2.24, 2.45) is 5.92 Å². The quantitative estimate of drug-likeness (QED) is 0.733. The lowest BCUT2D eigenvalue weighted by molar-refractivity contribution is -0.143. The summed E-state index contributed by atoms with van der Waals surface area (Å²) in [6.45, 7) is 8.02. The fourth-order valence-electron chi connectivity index (χ4n) is 3.87. The van der Waals surface area contributed by atoms with Crippen LogP contribution in [0.1, 0.15) is 58.8 Å². The van der Waals surface area contributed by atoms with Crippen LogP contribution in [0.5, 0.6) is 0 Å². The van der Waals surface area contributed by atoms with Gasteiger partial charge in [-0.1, -0.05) is 19.8 Å². The second kappa shape index (κ2) is 8.74. The average molecular weight is 296 g/mol. The molecule has 0 spiro atoms. The zero-order valence-corrected chi connectivity index (χ0v) is 13.8. The Labute approximate surface area is 129 Å². The SMILES string of the molecule is CCOC(=O)CCC1CC(NC2CCCC2)CN(CC)C1. The molecule has 2 unspecified atom stereocenters. The Morgan fingerprint density at radius 1 is 1.19 bits per heavy atom. The molecule has 0 bridgehead atoms. The van der Waals surface area contributed by atoms with Crippen LogP contribution < -0.4 is 5.32 Å². The van der Waals surface area contributed by atoms with Crippen LogP contribution in [0.3, 0.4) is 0 Å². The van der Waals surface area contributed by atoms with E-state index in [-0.39, 0.29) is 5.97 Å². The highest BCUT2D eigenvalue weighted by atomic mass is 16.5. The molecular formula is C17H32N2O2. The molecule has 1 aliphatic heterocycles. The summed E-state index contributed by atoms with van der Waals surface area (Å²) in [4.78, 5) is 14.1. The molecule has 0 aromatic heterocycles. The largest absolute Gasteiger partial charge is 0.466 e. The molecule has 1 N–H and O–H groups in total. The summed E-state index contributed by atoms with van der Waals surface area (Å²) in [5, 5.41) is 3.87. The van der Waals surface area contributed by atoms with Crippen molar-refractivity contribution in [1.29, 1.82) is 0 Å². The van der Waals surface area contributed by atoms with Gasteiger partial charge >= 0.3 is 5.97 Å². The normalized spacial score (nSPS) is 27.9. The number of carbonyl (C=O) groups excluding carboxylic acids is 1. The molecule has 1 heterocycles. The van der Waals surface area contributed by atoms with Crippen molar-refractivity contribution in [1.82, 2.24) is 10.2 Å². The van der Waals surface area contributed by atoms with E-state index >= 15 is 0 Å². The number of hydrogen-bond acceptors (Lipinski definition) is 4. The van der Waals surface area contributed by atoms with Gasteiger partial charge in [0, 0.05) is 31.6 Å². The van der Waals surface area contributed by atoms with Gasteiger partial charge in [0.25, 0.3) is 0 Å². The van der Waals surface area contributed by atoms with Gasteiger partial charge in [0.05, 0.1) is 6.61 Å². The maximum atomic E-state index is 11.5. The molecule has 21 heavy (non-hydrogen) atoms. The predicted octanol–water partition coefficient (Wildman–Crippen LogP) is 2.57. The smallest absolute Gasteiger partial charge is 0.305 e. The molecule has 2 rings (SSSR count). The fraction of sp³-hybridized carbons (Fsp3) is 0.941. The number of rotatable bonds is 7. The van der Waals surface area contributed by atoms with Gasteiger partial charge in [0.1, 0.15) is 0 Å². The van der Waals surface area contributed by atoms with E-state index in [4.69, 9.17) is 4.74 Å². The van der Waals surface area contributed by atoms with Gasteiger partial charge in [0.15, 0.2) is 0 Å². The van der Waals surface area contributed by atoms with Crippen LogP contribution in [-0.4, -0.2) is 49.2 Å².